The number of ether oxygens (including phenoxy) is 1. The molecule has 20 heavy (non-hydrogen) atoms. The summed E-state index contributed by atoms with van der Waals surface area (Å²) >= 11 is 0. The molecule has 1 aliphatic heterocycles. The second-order valence-electron chi connectivity index (χ2n) is 5.31. The lowest BCUT2D eigenvalue weighted by Crippen LogP contribution is -2.63. The second-order valence-corrected chi connectivity index (χ2v) is 5.31. The number of hydrogen-bond donors (Lipinski definition) is 2. The van der Waals surface area contributed by atoms with Crippen LogP contribution in [0.5, 0.6) is 0 Å². The molecule has 3 N–H and O–H groups in total. The molecule has 0 unspecified atom stereocenters. The maximum absolute atomic E-state index is 12.3. The fourth-order valence-corrected chi connectivity index (χ4v) is 2.29. The molecule has 0 spiro atoms. The van der Waals surface area contributed by atoms with E-state index in [0.717, 1.165) is 5.56 Å². The maximum atomic E-state index is 12.3. The Bertz CT molecular complexity index is 550. The van der Waals surface area contributed by atoms with Crippen molar-refractivity contribution < 1.29 is 19.4 Å². The average Bonchev–Trinajstić information content (AvgIpc) is 2.35. The van der Waals surface area contributed by atoms with Crippen LogP contribution >= 0.6 is 0 Å². The van der Waals surface area contributed by atoms with Gasteiger partial charge in [0.1, 0.15) is 12.2 Å². The molecule has 0 bridgehead atoms. The van der Waals surface area contributed by atoms with E-state index in [1.54, 1.807) is 30.0 Å². The zero-order valence-electron chi connectivity index (χ0n) is 11.5. The number of nitrogens with two attached hydrogens (primary N) is 1. The van der Waals surface area contributed by atoms with E-state index in [1.165, 1.54) is 0 Å². The highest BCUT2D eigenvalue weighted by Crippen LogP contribution is 2.27. The van der Waals surface area contributed by atoms with E-state index in [4.69, 9.17) is 15.6 Å². The van der Waals surface area contributed by atoms with Crippen LogP contribution < -0.4 is 5.73 Å². The van der Waals surface area contributed by atoms with Crippen LogP contribution in [0, 0.1) is 6.92 Å². The molecule has 1 fully saturated rings. The molecule has 1 heterocycles. The molecule has 0 radical (unpaired) electrons. The molecule has 2 rings (SSSR count). The fraction of sp³-hybridized carbons (Fsp3) is 0.429. The average molecular weight is 278 g/mol. The molecule has 1 aliphatic rings. The van der Waals surface area contributed by atoms with Gasteiger partial charge in [-0.2, -0.15) is 0 Å². The zero-order valence-corrected chi connectivity index (χ0v) is 11.5. The lowest BCUT2D eigenvalue weighted by atomic mass is 9.94. The third-order valence-corrected chi connectivity index (χ3v) is 3.49. The van der Waals surface area contributed by atoms with Gasteiger partial charge in [-0.15, -0.1) is 0 Å². The first kappa shape index (κ1) is 14.3. The Kier molecular flexibility index (Phi) is 3.67. The number of likely N-dealkylation sites (tertiary alicyclic amines) is 1. The van der Waals surface area contributed by atoms with Crippen molar-refractivity contribution in [1.82, 2.24) is 4.90 Å². The van der Waals surface area contributed by atoms with Gasteiger partial charge in [-0.3, -0.25) is 4.79 Å². The first-order chi connectivity index (χ1) is 9.32. The highest BCUT2D eigenvalue weighted by atomic mass is 16.5. The molecule has 0 atom stereocenters. The number of anilines is 1. The number of carboxylic acids is 1. The highest BCUT2D eigenvalue weighted by molar-refractivity contribution is 5.97. The van der Waals surface area contributed by atoms with Crippen LogP contribution in [0.1, 0.15) is 22.8 Å². The van der Waals surface area contributed by atoms with E-state index in [0.29, 0.717) is 24.3 Å². The summed E-state index contributed by atoms with van der Waals surface area (Å²) in [5.41, 5.74) is 7.13. The molecule has 1 amide bonds. The van der Waals surface area contributed by atoms with Crippen LogP contribution in [0.3, 0.4) is 0 Å². The molecule has 1 saturated heterocycles. The summed E-state index contributed by atoms with van der Waals surface area (Å²) in [7, 11) is 0. The molecule has 108 valence electrons. The third-order valence-electron chi connectivity index (χ3n) is 3.49. The number of hydrogen-bond acceptors (Lipinski definition) is 4. The van der Waals surface area contributed by atoms with E-state index in [2.05, 4.69) is 0 Å². The SMILES string of the molecule is Cc1c(N)cccc1C(=O)N1CC(C)(OCC(=O)O)C1. The van der Waals surface area contributed by atoms with Crippen molar-refractivity contribution in [3.05, 3.63) is 29.3 Å². The molecular weight excluding hydrogens is 260 g/mol. The van der Waals surface area contributed by atoms with Gasteiger partial charge in [-0.05, 0) is 31.5 Å². The highest BCUT2D eigenvalue weighted by Gasteiger charge is 2.43. The van der Waals surface area contributed by atoms with Gasteiger partial charge in [0.25, 0.3) is 5.91 Å². The lowest BCUT2D eigenvalue weighted by Gasteiger charge is -2.47. The van der Waals surface area contributed by atoms with Crippen molar-refractivity contribution in [2.45, 2.75) is 19.4 Å². The summed E-state index contributed by atoms with van der Waals surface area (Å²) in [6.45, 7) is 4.02. The molecular formula is C14H18N2O4. The number of rotatable bonds is 4. The van der Waals surface area contributed by atoms with Gasteiger partial charge in [0.05, 0.1) is 13.1 Å². The van der Waals surface area contributed by atoms with Crippen molar-refractivity contribution in [3.63, 3.8) is 0 Å². The summed E-state index contributed by atoms with van der Waals surface area (Å²) in [4.78, 5) is 24.4. The van der Waals surface area contributed by atoms with Crippen molar-refractivity contribution in [2.24, 2.45) is 0 Å². The number of benzene rings is 1. The summed E-state index contributed by atoms with van der Waals surface area (Å²) in [5.74, 6) is -1.12. The van der Waals surface area contributed by atoms with Gasteiger partial charge in [0, 0.05) is 11.3 Å². The largest absolute Gasteiger partial charge is 0.480 e. The topological polar surface area (TPSA) is 92.9 Å². The second kappa shape index (κ2) is 5.13. The van der Waals surface area contributed by atoms with Gasteiger partial charge in [-0.1, -0.05) is 6.07 Å². The molecule has 6 nitrogen and oxygen atoms in total. The minimum absolute atomic E-state index is 0.105. The Labute approximate surface area is 117 Å². The number of nitrogen functional groups attached to an aromatic ring is 1. The summed E-state index contributed by atoms with van der Waals surface area (Å²) in [5, 5.41) is 8.60. The number of carbonyl (C=O) groups excluding carboxylic acids is 1. The van der Waals surface area contributed by atoms with E-state index in [-0.39, 0.29) is 12.5 Å². The van der Waals surface area contributed by atoms with E-state index >= 15 is 0 Å². The summed E-state index contributed by atoms with van der Waals surface area (Å²) < 4.78 is 5.28. The van der Waals surface area contributed by atoms with Crippen LogP contribution in [0.2, 0.25) is 0 Å². The van der Waals surface area contributed by atoms with Crippen LogP contribution in [0.4, 0.5) is 5.69 Å². The Hall–Kier alpha value is -2.08. The predicted molar refractivity (Wildman–Crippen MR) is 73.5 cm³/mol. The number of nitrogens with zero attached hydrogens (tertiary/aromatic N) is 1. The van der Waals surface area contributed by atoms with Crippen molar-refractivity contribution in [2.75, 3.05) is 25.4 Å². The van der Waals surface area contributed by atoms with E-state index in [1.807, 2.05) is 6.92 Å². The third kappa shape index (κ3) is 2.75. The molecule has 1 aromatic carbocycles. The number of amides is 1. The van der Waals surface area contributed by atoms with Gasteiger partial charge in [-0.25, -0.2) is 4.79 Å². The van der Waals surface area contributed by atoms with Crippen LogP contribution in [0.15, 0.2) is 18.2 Å². The first-order valence-electron chi connectivity index (χ1n) is 6.32. The summed E-state index contributed by atoms with van der Waals surface area (Å²) in [6.07, 6.45) is 0. The molecule has 0 aromatic heterocycles. The van der Waals surface area contributed by atoms with Crippen molar-refractivity contribution in [1.29, 1.82) is 0 Å². The van der Waals surface area contributed by atoms with Gasteiger partial charge in [0.15, 0.2) is 0 Å². The smallest absolute Gasteiger partial charge is 0.329 e. The predicted octanol–water partition coefficient (Wildman–Crippen LogP) is 0.893. The minimum atomic E-state index is -1.01. The Morgan fingerprint density at radius 3 is 2.70 bits per heavy atom. The molecule has 0 aliphatic carbocycles. The molecule has 0 saturated carbocycles. The Morgan fingerprint density at radius 2 is 2.10 bits per heavy atom. The Morgan fingerprint density at radius 1 is 1.45 bits per heavy atom. The van der Waals surface area contributed by atoms with E-state index in [9.17, 15) is 9.59 Å². The summed E-state index contributed by atoms with van der Waals surface area (Å²) in [6, 6.07) is 5.24. The lowest BCUT2D eigenvalue weighted by molar-refractivity contribution is -0.159. The molecule has 1 aromatic rings. The van der Waals surface area contributed by atoms with E-state index < -0.39 is 11.6 Å². The zero-order chi connectivity index (χ0) is 14.9. The number of carbonyl (C=O) groups is 2. The van der Waals surface area contributed by atoms with Crippen LogP contribution in [-0.2, 0) is 9.53 Å². The number of aliphatic carboxylic acids is 1. The van der Waals surface area contributed by atoms with Gasteiger partial charge >= 0.3 is 5.97 Å². The van der Waals surface area contributed by atoms with Gasteiger partial charge < -0.3 is 20.5 Å². The Balaban J connectivity index is 2.00. The number of carboxylic acid groups (broad SMARTS) is 1. The minimum Gasteiger partial charge on any atom is -0.480 e. The first-order valence-corrected chi connectivity index (χ1v) is 6.32. The van der Waals surface area contributed by atoms with Crippen molar-refractivity contribution in [3.8, 4) is 0 Å². The molecule has 6 heteroatoms. The monoisotopic (exact) mass is 278 g/mol. The standard InChI is InChI=1S/C14H18N2O4/c1-9-10(4-3-5-11(9)15)13(19)16-7-14(2,8-16)20-6-12(17)18/h3-5H,6-8,15H2,1-2H3,(H,17,18). The van der Waals surface area contributed by atoms with Crippen LogP contribution in [0.25, 0.3) is 0 Å². The maximum Gasteiger partial charge on any atom is 0.329 e. The van der Waals surface area contributed by atoms with Crippen molar-refractivity contribution >= 4 is 17.6 Å². The van der Waals surface area contributed by atoms with Gasteiger partial charge in [0.2, 0.25) is 0 Å². The quantitative estimate of drug-likeness (QED) is 0.798. The normalized spacial score (nSPS) is 16.6. The fourth-order valence-electron chi connectivity index (χ4n) is 2.29. The van der Waals surface area contributed by atoms with Crippen LogP contribution in [-0.4, -0.2) is 47.2 Å².